The normalized spacial score (nSPS) is 13.1. The second kappa shape index (κ2) is 9.53. The van der Waals surface area contributed by atoms with Crippen molar-refractivity contribution in [1.82, 2.24) is 20.1 Å². The highest BCUT2D eigenvalue weighted by Crippen LogP contribution is 2.10. The zero-order valence-electron chi connectivity index (χ0n) is 15.9. The van der Waals surface area contributed by atoms with Crippen LogP contribution in [-0.4, -0.2) is 54.5 Å². The molecule has 1 atom stereocenters. The Morgan fingerprint density at radius 2 is 1.96 bits per heavy atom. The van der Waals surface area contributed by atoms with E-state index >= 15 is 0 Å². The zero-order valence-corrected chi connectivity index (χ0v) is 16.7. The molecule has 2 rings (SSSR count). The van der Waals surface area contributed by atoms with Crippen LogP contribution in [0.1, 0.15) is 23.2 Å². The van der Waals surface area contributed by atoms with Crippen molar-refractivity contribution in [3.8, 4) is 0 Å². The largest absolute Gasteiger partial charge is 0.355 e. The number of benzene rings is 1. The van der Waals surface area contributed by atoms with E-state index in [1.54, 1.807) is 11.3 Å². The Balaban J connectivity index is 1.82. The molecule has 0 amide bonds. The summed E-state index contributed by atoms with van der Waals surface area (Å²) in [7, 11) is 6.02. The van der Waals surface area contributed by atoms with Gasteiger partial charge in [-0.2, -0.15) is 0 Å². The van der Waals surface area contributed by atoms with Crippen molar-refractivity contribution in [1.29, 1.82) is 0 Å². The van der Waals surface area contributed by atoms with Crippen molar-refractivity contribution in [2.75, 3.05) is 27.7 Å². The maximum absolute atomic E-state index is 4.52. The first-order valence-electron chi connectivity index (χ1n) is 8.56. The minimum absolute atomic E-state index is 0.395. The quantitative estimate of drug-likeness (QED) is 0.610. The number of nitrogens with one attached hydrogen (secondary N) is 1. The number of hydrogen-bond donors (Lipinski definition) is 1. The first-order valence-corrected chi connectivity index (χ1v) is 9.44. The van der Waals surface area contributed by atoms with Gasteiger partial charge in [-0.25, -0.2) is 4.98 Å². The van der Waals surface area contributed by atoms with Crippen molar-refractivity contribution in [2.24, 2.45) is 4.99 Å². The van der Waals surface area contributed by atoms with Crippen LogP contribution in [0.15, 0.2) is 40.7 Å². The summed E-state index contributed by atoms with van der Waals surface area (Å²) in [5, 5.41) is 6.68. The van der Waals surface area contributed by atoms with Gasteiger partial charge < -0.3 is 10.2 Å². The number of aryl methyl sites for hydroxylation is 1. The van der Waals surface area contributed by atoms with Gasteiger partial charge in [-0.05, 0) is 26.5 Å². The lowest BCUT2D eigenvalue weighted by Gasteiger charge is -2.28. The number of rotatable bonds is 7. The van der Waals surface area contributed by atoms with Gasteiger partial charge in [0, 0.05) is 38.6 Å². The van der Waals surface area contributed by atoms with E-state index in [-0.39, 0.29) is 0 Å². The molecule has 0 aliphatic heterocycles. The van der Waals surface area contributed by atoms with Crippen molar-refractivity contribution >= 4 is 17.3 Å². The number of guanidine groups is 1. The third-order valence-corrected chi connectivity index (χ3v) is 5.04. The van der Waals surface area contributed by atoms with Crippen LogP contribution in [0.4, 0.5) is 0 Å². The molecule has 1 N–H and O–H groups in total. The van der Waals surface area contributed by atoms with Crippen molar-refractivity contribution in [3.05, 3.63) is 52.0 Å². The molecule has 0 aliphatic rings. The van der Waals surface area contributed by atoms with E-state index in [1.165, 1.54) is 5.56 Å². The predicted molar refractivity (Wildman–Crippen MR) is 107 cm³/mol. The molecular formula is C19H29N5S. The van der Waals surface area contributed by atoms with E-state index in [1.807, 2.05) is 21.0 Å². The molecule has 1 aromatic heterocycles. The summed E-state index contributed by atoms with van der Waals surface area (Å²) in [4.78, 5) is 13.4. The van der Waals surface area contributed by atoms with Gasteiger partial charge in [0.2, 0.25) is 0 Å². The van der Waals surface area contributed by atoms with Crippen LogP contribution in [0.3, 0.4) is 0 Å². The average molecular weight is 360 g/mol. The van der Waals surface area contributed by atoms with E-state index in [2.05, 4.69) is 74.8 Å². The van der Waals surface area contributed by atoms with Crippen LogP contribution < -0.4 is 5.32 Å². The number of thiazole rings is 1. The standard InChI is InChI=1S/C19H29N5S/c1-15(23(4)12-17-9-7-6-8-10-17)11-21-19(20-3)24(5)13-18-14-25-16(2)22-18/h6-10,14-15H,11-13H2,1-5H3,(H,20,21). The van der Waals surface area contributed by atoms with Crippen molar-refractivity contribution in [3.63, 3.8) is 0 Å². The van der Waals surface area contributed by atoms with Gasteiger partial charge in [0.15, 0.2) is 5.96 Å². The van der Waals surface area contributed by atoms with E-state index < -0.39 is 0 Å². The van der Waals surface area contributed by atoms with Gasteiger partial charge in [-0.1, -0.05) is 30.3 Å². The number of aromatic nitrogens is 1. The summed E-state index contributed by atoms with van der Waals surface area (Å²) < 4.78 is 0. The van der Waals surface area contributed by atoms with Gasteiger partial charge in [-0.15, -0.1) is 11.3 Å². The highest BCUT2D eigenvalue weighted by molar-refractivity contribution is 7.09. The fourth-order valence-electron chi connectivity index (χ4n) is 2.61. The average Bonchev–Trinajstić information content (AvgIpc) is 3.00. The van der Waals surface area contributed by atoms with E-state index in [9.17, 15) is 0 Å². The number of hydrogen-bond acceptors (Lipinski definition) is 4. The predicted octanol–water partition coefficient (Wildman–Crippen LogP) is 2.98. The smallest absolute Gasteiger partial charge is 0.193 e. The Bertz CT molecular complexity index is 667. The van der Waals surface area contributed by atoms with E-state index in [0.717, 1.165) is 36.3 Å². The molecule has 2 aromatic rings. The molecule has 25 heavy (non-hydrogen) atoms. The minimum atomic E-state index is 0.395. The maximum atomic E-state index is 4.52. The molecule has 5 nitrogen and oxygen atoms in total. The fraction of sp³-hybridized carbons (Fsp3) is 0.474. The summed E-state index contributed by atoms with van der Waals surface area (Å²) in [6, 6.07) is 11.0. The van der Waals surface area contributed by atoms with Crippen LogP contribution in [-0.2, 0) is 13.1 Å². The molecule has 0 radical (unpaired) electrons. The molecule has 0 saturated carbocycles. The highest BCUT2D eigenvalue weighted by Gasteiger charge is 2.13. The molecule has 0 bridgehead atoms. The third-order valence-electron chi connectivity index (χ3n) is 4.22. The van der Waals surface area contributed by atoms with Crippen LogP contribution in [0.5, 0.6) is 0 Å². The topological polar surface area (TPSA) is 43.8 Å². The second-order valence-corrected chi connectivity index (χ2v) is 7.45. The van der Waals surface area contributed by atoms with Crippen molar-refractivity contribution in [2.45, 2.75) is 33.0 Å². The Morgan fingerprint density at radius 1 is 1.24 bits per heavy atom. The Labute approximate surface area is 155 Å². The third kappa shape index (κ3) is 6.14. The van der Waals surface area contributed by atoms with Gasteiger partial charge in [0.05, 0.1) is 17.2 Å². The molecule has 0 spiro atoms. The molecule has 0 aliphatic carbocycles. The fourth-order valence-corrected chi connectivity index (χ4v) is 3.21. The first-order chi connectivity index (χ1) is 12.0. The van der Waals surface area contributed by atoms with Gasteiger partial charge in [0.1, 0.15) is 0 Å². The van der Waals surface area contributed by atoms with Gasteiger partial charge >= 0.3 is 0 Å². The zero-order chi connectivity index (χ0) is 18.2. The molecule has 136 valence electrons. The number of likely N-dealkylation sites (N-methyl/N-ethyl adjacent to an activating group) is 1. The lowest BCUT2D eigenvalue weighted by Crippen LogP contribution is -2.45. The molecule has 1 heterocycles. The van der Waals surface area contributed by atoms with Gasteiger partial charge in [-0.3, -0.25) is 9.89 Å². The van der Waals surface area contributed by atoms with Gasteiger partial charge in [0.25, 0.3) is 0 Å². The van der Waals surface area contributed by atoms with E-state index in [4.69, 9.17) is 0 Å². The Kier molecular flexibility index (Phi) is 7.40. The van der Waals surface area contributed by atoms with Crippen LogP contribution in [0.25, 0.3) is 0 Å². The molecule has 1 aromatic carbocycles. The summed E-state index contributed by atoms with van der Waals surface area (Å²) in [5.41, 5.74) is 2.42. The van der Waals surface area contributed by atoms with E-state index in [0.29, 0.717) is 6.04 Å². The van der Waals surface area contributed by atoms with Crippen LogP contribution >= 0.6 is 11.3 Å². The summed E-state index contributed by atoms with van der Waals surface area (Å²) in [6.07, 6.45) is 0. The molecular weight excluding hydrogens is 330 g/mol. The Hall–Kier alpha value is -1.92. The molecule has 0 fully saturated rings. The monoisotopic (exact) mass is 359 g/mol. The Morgan fingerprint density at radius 3 is 2.56 bits per heavy atom. The molecule has 0 saturated heterocycles. The molecule has 1 unspecified atom stereocenters. The summed E-state index contributed by atoms with van der Waals surface area (Å²) >= 11 is 1.68. The first kappa shape index (κ1) is 19.4. The lowest BCUT2D eigenvalue weighted by atomic mass is 10.2. The van der Waals surface area contributed by atoms with Crippen LogP contribution in [0, 0.1) is 6.92 Å². The highest BCUT2D eigenvalue weighted by atomic mass is 32.1. The molecule has 6 heteroatoms. The number of aliphatic imine (C=N–C) groups is 1. The van der Waals surface area contributed by atoms with Crippen molar-refractivity contribution < 1.29 is 0 Å². The maximum Gasteiger partial charge on any atom is 0.193 e. The summed E-state index contributed by atoms with van der Waals surface area (Å²) in [6.45, 7) is 6.81. The lowest BCUT2D eigenvalue weighted by molar-refractivity contribution is 0.247. The number of nitrogens with zero attached hydrogens (tertiary/aromatic N) is 4. The SMILES string of the molecule is CN=C(NCC(C)N(C)Cc1ccccc1)N(C)Cc1csc(C)n1. The second-order valence-electron chi connectivity index (χ2n) is 6.39. The van der Waals surface area contributed by atoms with Crippen LogP contribution in [0.2, 0.25) is 0 Å². The summed E-state index contributed by atoms with van der Waals surface area (Å²) in [5.74, 6) is 0.894. The minimum Gasteiger partial charge on any atom is -0.355 e.